The van der Waals surface area contributed by atoms with Crippen molar-refractivity contribution in [3.8, 4) is 0 Å². The van der Waals surface area contributed by atoms with Crippen LogP contribution in [-0.2, 0) is 4.79 Å². The molecule has 2 atom stereocenters. The molecule has 1 N–H and O–H groups in total. The zero-order chi connectivity index (χ0) is 10.7. The van der Waals surface area contributed by atoms with E-state index in [4.69, 9.17) is 0 Å². The van der Waals surface area contributed by atoms with E-state index in [0.29, 0.717) is 0 Å². The number of nitrogens with zero attached hydrogens (tertiary/aromatic N) is 1. The summed E-state index contributed by atoms with van der Waals surface area (Å²) in [6.45, 7) is 6.84. The van der Waals surface area contributed by atoms with Crippen LogP contribution in [0, 0.1) is 5.92 Å². The van der Waals surface area contributed by atoms with Crippen LogP contribution in [0.25, 0.3) is 0 Å². The molecule has 0 saturated heterocycles. The fraction of sp³-hybridized carbons (Fsp3) is 0.364. The molecule has 1 heterocycles. The molecule has 1 aliphatic rings. The molecule has 0 radical (unpaired) electrons. The molecule has 1 aliphatic heterocycles. The van der Waals surface area contributed by atoms with Crippen molar-refractivity contribution >= 4 is 5.91 Å². The molecule has 76 valence electrons. The smallest absolute Gasteiger partial charge is 0.227 e. The molecule has 0 aromatic heterocycles. The molecule has 3 heteroatoms. The summed E-state index contributed by atoms with van der Waals surface area (Å²) in [5.41, 5.74) is 0.790. The maximum absolute atomic E-state index is 11.1. The van der Waals surface area contributed by atoms with Crippen molar-refractivity contribution < 1.29 is 9.90 Å². The molecule has 2 unspecified atom stereocenters. The molecule has 0 spiro atoms. The highest BCUT2D eigenvalue weighted by molar-refractivity contribution is 5.76. The first kappa shape index (κ1) is 10.7. The summed E-state index contributed by atoms with van der Waals surface area (Å²) >= 11 is 0. The average Bonchev–Trinajstić information content (AvgIpc) is 2.16. The maximum Gasteiger partial charge on any atom is 0.227 e. The minimum Gasteiger partial charge on any atom is -0.389 e. The zero-order valence-corrected chi connectivity index (χ0v) is 8.47. The number of allylic oxidation sites excluding steroid dienone is 2. The van der Waals surface area contributed by atoms with Gasteiger partial charge in [-0.2, -0.15) is 0 Å². The second kappa shape index (κ2) is 4.24. The lowest BCUT2D eigenvalue weighted by Gasteiger charge is -2.24. The van der Waals surface area contributed by atoms with Crippen molar-refractivity contribution in [1.82, 2.24) is 4.90 Å². The highest BCUT2D eigenvalue weighted by atomic mass is 16.3. The summed E-state index contributed by atoms with van der Waals surface area (Å²) in [5, 5.41) is 9.49. The molecular weight excluding hydrogens is 178 g/mol. The summed E-state index contributed by atoms with van der Waals surface area (Å²) in [5.74, 6) is -0.0486. The number of aliphatic hydroxyl groups excluding tert-OH is 1. The van der Waals surface area contributed by atoms with Gasteiger partial charge in [-0.3, -0.25) is 9.69 Å². The molecule has 0 fully saturated rings. The van der Waals surface area contributed by atoms with Crippen LogP contribution in [0.4, 0.5) is 0 Å². The van der Waals surface area contributed by atoms with Gasteiger partial charge in [0.1, 0.15) is 0 Å². The van der Waals surface area contributed by atoms with Crippen LogP contribution in [0.1, 0.15) is 13.8 Å². The Morgan fingerprint density at radius 1 is 1.79 bits per heavy atom. The van der Waals surface area contributed by atoms with E-state index in [-0.39, 0.29) is 11.8 Å². The Hall–Kier alpha value is -1.35. The van der Waals surface area contributed by atoms with Crippen molar-refractivity contribution in [3.05, 3.63) is 36.7 Å². The molecule has 1 amide bonds. The van der Waals surface area contributed by atoms with E-state index in [2.05, 4.69) is 6.58 Å². The lowest BCUT2D eigenvalue weighted by atomic mass is 9.94. The predicted molar refractivity (Wildman–Crippen MR) is 55.1 cm³/mol. The van der Waals surface area contributed by atoms with Crippen molar-refractivity contribution in [2.45, 2.75) is 20.0 Å². The highest BCUT2D eigenvalue weighted by Crippen LogP contribution is 2.23. The first-order chi connectivity index (χ1) is 6.56. The largest absolute Gasteiger partial charge is 0.389 e. The van der Waals surface area contributed by atoms with Gasteiger partial charge in [-0.25, -0.2) is 0 Å². The quantitative estimate of drug-likeness (QED) is 0.674. The summed E-state index contributed by atoms with van der Waals surface area (Å²) in [4.78, 5) is 12.5. The van der Waals surface area contributed by atoms with Gasteiger partial charge in [-0.1, -0.05) is 12.2 Å². The lowest BCUT2D eigenvalue weighted by Crippen LogP contribution is -2.25. The monoisotopic (exact) mass is 193 g/mol. The molecule has 0 aromatic carbocycles. The fourth-order valence-electron chi connectivity index (χ4n) is 1.38. The van der Waals surface area contributed by atoms with Gasteiger partial charge >= 0.3 is 0 Å². The second-order valence-electron chi connectivity index (χ2n) is 3.33. The standard InChI is InChI=1S/C11H15NO2/c1-4-10-5-6-12(9(3)14)7-11(10)8(2)13/h4-8,10,13H,1H2,2-3H3. The van der Waals surface area contributed by atoms with E-state index >= 15 is 0 Å². The number of hydrogen-bond donors (Lipinski definition) is 1. The Morgan fingerprint density at radius 2 is 2.43 bits per heavy atom. The van der Waals surface area contributed by atoms with Crippen LogP contribution in [0.5, 0.6) is 0 Å². The third-order valence-electron chi connectivity index (χ3n) is 2.23. The number of carbonyl (C=O) groups excluding carboxylic acids is 1. The van der Waals surface area contributed by atoms with Gasteiger partial charge in [0.05, 0.1) is 6.10 Å². The van der Waals surface area contributed by atoms with Gasteiger partial charge in [0.2, 0.25) is 5.91 Å². The van der Waals surface area contributed by atoms with Gasteiger partial charge in [0.25, 0.3) is 0 Å². The molecule has 0 bridgehead atoms. The molecular formula is C11H15NO2. The minimum atomic E-state index is -0.565. The van der Waals surface area contributed by atoms with Crippen LogP contribution in [0.3, 0.4) is 0 Å². The summed E-state index contributed by atoms with van der Waals surface area (Å²) in [6.07, 6.45) is 6.38. The normalized spacial score (nSPS) is 22.9. The van der Waals surface area contributed by atoms with Crippen LogP contribution in [-0.4, -0.2) is 22.0 Å². The number of carbonyl (C=O) groups is 1. The van der Waals surface area contributed by atoms with Crippen molar-refractivity contribution in [2.75, 3.05) is 0 Å². The van der Waals surface area contributed by atoms with Crippen molar-refractivity contribution in [2.24, 2.45) is 5.92 Å². The molecule has 3 nitrogen and oxygen atoms in total. The third-order valence-corrected chi connectivity index (χ3v) is 2.23. The van der Waals surface area contributed by atoms with Crippen LogP contribution < -0.4 is 0 Å². The molecule has 1 rings (SSSR count). The van der Waals surface area contributed by atoms with Gasteiger partial charge in [-0.15, -0.1) is 6.58 Å². The maximum atomic E-state index is 11.1. The number of hydrogen-bond acceptors (Lipinski definition) is 2. The second-order valence-corrected chi connectivity index (χ2v) is 3.33. The van der Waals surface area contributed by atoms with E-state index in [1.54, 1.807) is 25.4 Å². The molecule has 0 saturated carbocycles. The summed E-state index contributed by atoms with van der Waals surface area (Å²) < 4.78 is 0. The van der Waals surface area contributed by atoms with Crippen LogP contribution >= 0.6 is 0 Å². The summed E-state index contributed by atoms with van der Waals surface area (Å²) in [6, 6.07) is 0. The minimum absolute atomic E-state index is 0.0191. The Bertz CT molecular complexity index is 302. The van der Waals surface area contributed by atoms with Gasteiger partial charge in [0.15, 0.2) is 0 Å². The molecule has 14 heavy (non-hydrogen) atoms. The van der Waals surface area contributed by atoms with Gasteiger partial charge in [-0.05, 0) is 12.5 Å². The van der Waals surface area contributed by atoms with E-state index in [1.165, 1.54) is 11.8 Å². The van der Waals surface area contributed by atoms with E-state index in [9.17, 15) is 9.90 Å². The molecule has 0 aliphatic carbocycles. The zero-order valence-electron chi connectivity index (χ0n) is 8.47. The Kier molecular flexibility index (Phi) is 3.25. The number of amides is 1. The van der Waals surface area contributed by atoms with Crippen LogP contribution in [0.15, 0.2) is 36.7 Å². The summed E-state index contributed by atoms with van der Waals surface area (Å²) in [7, 11) is 0. The number of rotatable bonds is 2. The van der Waals surface area contributed by atoms with Crippen molar-refractivity contribution in [3.63, 3.8) is 0 Å². The Balaban J connectivity index is 2.94. The predicted octanol–water partition coefficient (Wildman–Crippen LogP) is 1.43. The Labute approximate surface area is 84.0 Å². The SMILES string of the molecule is C=CC1C=CN(C(C)=O)C=C1C(C)O. The molecule has 0 aromatic rings. The van der Waals surface area contributed by atoms with Crippen LogP contribution in [0.2, 0.25) is 0 Å². The van der Waals surface area contributed by atoms with Crippen molar-refractivity contribution in [1.29, 1.82) is 0 Å². The lowest BCUT2D eigenvalue weighted by molar-refractivity contribution is -0.124. The fourth-order valence-corrected chi connectivity index (χ4v) is 1.38. The third kappa shape index (κ3) is 2.12. The van der Waals surface area contributed by atoms with Gasteiger partial charge < -0.3 is 5.11 Å². The van der Waals surface area contributed by atoms with E-state index in [1.807, 2.05) is 6.08 Å². The first-order valence-electron chi connectivity index (χ1n) is 4.55. The topological polar surface area (TPSA) is 40.5 Å². The average molecular weight is 193 g/mol. The number of aliphatic hydroxyl groups is 1. The Morgan fingerprint density at radius 3 is 2.86 bits per heavy atom. The van der Waals surface area contributed by atoms with Gasteiger partial charge in [0, 0.05) is 25.2 Å². The van der Waals surface area contributed by atoms with E-state index < -0.39 is 6.10 Å². The van der Waals surface area contributed by atoms with E-state index in [0.717, 1.165) is 5.57 Å². The first-order valence-corrected chi connectivity index (χ1v) is 4.55. The highest BCUT2D eigenvalue weighted by Gasteiger charge is 2.19.